The van der Waals surface area contributed by atoms with Gasteiger partial charge in [-0.3, -0.25) is 0 Å². The molecule has 1 saturated heterocycles. The number of hydrogen-bond acceptors (Lipinski definition) is 4. The second kappa shape index (κ2) is 5.17. The zero-order valence-electron chi connectivity index (χ0n) is 11.4. The van der Waals surface area contributed by atoms with Crippen molar-refractivity contribution >= 4 is 11.3 Å². The van der Waals surface area contributed by atoms with E-state index in [4.69, 9.17) is 5.73 Å². The van der Waals surface area contributed by atoms with Crippen LogP contribution in [0.1, 0.15) is 31.7 Å². The van der Waals surface area contributed by atoms with Gasteiger partial charge in [-0.1, -0.05) is 13.3 Å². The standard InChI is InChI=1S/C14H21N5/c1-2-18-6-4-3-5-13(18)7-11-8-17-19-10-12(15)9-16-14(11)19/h8-10,13H,2-7,15H2,1H3. The maximum atomic E-state index is 5.73. The summed E-state index contributed by atoms with van der Waals surface area (Å²) < 4.78 is 1.78. The average Bonchev–Trinajstić information content (AvgIpc) is 2.82. The number of piperidine rings is 1. The summed E-state index contributed by atoms with van der Waals surface area (Å²) in [7, 11) is 0. The number of hydrogen-bond donors (Lipinski definition) is 1. The number of fused-ring (bicyclic) bond motifs is 1. The molecule has 1 unspecified atom stereocenters. The fourth-order valence-corrected chi connectivity index (χ4v) is 3.04. The molecule has 0 aromatic carbocycles. The van der Waals surface area contributed by atoms with Crippen LogP contribution < -0.4 is 5.73 Å². The molecule has 1 aliphatic rings. The maximum Gasteiger partial charge on any atom is 0.158 e. The normalized spacial score (nSPS) is 21.0. The minimum Gasteiger partial charge on any atom is -0.396 e. The van der Waals surface area contributed by atoms with E-state index in [1.807, 2.05) is 12.4 Å². The monoisotopic (exact) mass is 259 g/mol. The zero-order chi connectivity index (χ0) is 13.2. The lowest BCUT2D eigenvalue weighted by atomic mass is 9.97. The summed E-state index contributed by atoms with van der Waals surface area (Å²) in [6.07, 6.45) is 10.4. The molecule has 1 atom stereocenters. The van der Waals surface area contributed by atoms with Gasteiger partial charge in [0.25, 0.3) is 0 Å². The minimum atomic E-state index is 0.631. The summed E-state index contributed by atoms with van der Waals surface area (Å²) in [5, 5.41) is 4.35. The van der Waals surface area contributed by atoms with Crippen LogP contribution >= 0.6 is 0 Å². The van der Waals surface area contributed by atoms with Gasteiger partial charge in [0.15, 0.2) is 5.65 Å². The molecule has 19 heavy (non-hydrogen) atoms. The molecule has 2 aromatic heterocycles. The molecule has 5 heteroatoms. The first-order chi connectivity index (χ1) is 9.28. The number of aromatic nitrogens is 3. The number of nitrogens with two attached hydrogens (primary N) is 1. The van der Waals surface area contributed by atoms with Crippen LogP contribution in [-0.2, 0) is 6.42 Å². The van der Waals surface area contributed by atoms with Gasteiger partial charge in [0.05, 0.1) is 24.3 Å². The number of anilines is 1. The highest BCUT2D eigenvalue weighted by atomic mass is 15.2. The fraction of sp³-hybridized carbons (Fsp3) is 0.571. The lowest BCUT2D eigenvalue weighted by Crippen LogP contribution is -2.40. The summed E-state index contributed by atoms with van der Waals surface area (Å²) >= 11 is 0. The summed E-state index contributed by atoms with van der Waals surface area (Å²) in [5.41, 5.74) is 8.55. The molecule has 0 saturated carbocycles. The Bertz CT molecular complexity index is 562. The second-order valence-corrected chi connectivity index (χ2v) is 5.31. The molecule has 2 N–H and O–H groups in total. The Balaban J connectivity index is 1.84. The van der Waals surface area contributed by atoms with E-state index in [1.165, 1.54) is 31.4 Å². The van der Waals surface area contributed by atoms with E-state index in [-0.39, 0.29) is 0 Å². The third-order valence-electron chi connectivity index (χ3n) is 4.06. The van der Waals surface area contributed by atoms with Gasteiger partial charge in [0, 0.05) is 11.6 Å². The highest BCUT2D eigenvalue weighted by Gasteiger charge is 2.22. The number of likely N-dealkylation sites (tertiary alicyclic amines) is 1. The van der Waals surface area contributed by atoms with Crippen LogP contribution in [0.2, 0.25) is 0 Å². The van der Waals surface area contributed by atoms with E-state index in [2.05, 4.69) is 21.9 Å². The van der Waals surface area contributed by atoms with Crippen molar-refractivity contribution < 1.29 is 0 Å². The first kappa shape index (κ1) is 12.4. The minimum absolute atomic E-state index is 0.631. The average molecular weight is 259 g/mol. The van der Waals surface area contributed by atoms with Crippen LogP contribution in [0.25, 0.3) is 5.65 Å². The highest BCUT2D eigenvalue weighted by Crippen LogP contribution is 2.22. The van der Waals surface area contributed by atoms with Gasteiger partial charge in [-0.2, -0.15) is 5.10 Å². The van der Waals surface area contributed by atoms with E-state index in [0.29, 0.717) is 11.7 Å². The SMILES string of the molecule is CCN1CCCCC1Cc1cnn2cc(N)cnc12. The quantitative estimate of drug-likeness (QED) is 0.912. The van der Waals surface area contributed by atoms with Crippen LogP contribution in [0, 0.1) is 0 Å². The molecule has 1 fully saturated rings. The van der Waals surface area contributed by atoms with Gasteiger partial charge in [0.1, 0.15) is 0 Å². The first-order valence-electron chi connectivity index (χ1n) is 7.09. The van der Waals surface area contributed by atoms with E-state index in [0.717, 1.165) is 18.6 Å². The van der Waals surface area contributed by atoms with Crippen LogP contribution in [0.5, 0.6) is 0 Å². The van der Waals surface area contributed by atoms with Crippen molar-refractivity contribution in [1.82, 2.24) is 19.5 Å². The molecule has 0 spiro atoms. The Morgan fingerprint density at radius 1 is 1.37 bits per heavy atom. The van der Waals surface area contributed by atoms with Crippen molar-refractivity contribution in [2.45, 2.75) is 38.6 Å². The summed E-state index contributed by atoms with van der Waals surface area (Å²) in [6.45, 7) is 4.60. The van der Waals surface area contributed by atoms with Crippen molar-refractivity contribution in [3.8, 4) is 0 Å². The van der Waals surface area contributed by atoms with E-state index in [9.17, 15) is 0 Å². The van der Waals surface area contributed by atoms with Gasteiger partial charge >= 0.3 is 0 Å². The van der Waals surface area contributed by atoms with Crippen molar-refractivity contribution in [2.24, 2.45) is 0 Å². The van der Waals surface area contributed by atoms with Gasteiger partial charge in [-0.15, -0.1) is 0 Å². The predicted octanol–water partition coefficient (Wildman–Crippen LogP) is 1.73. The number of likely N-dealkylation sites (N-methyl/N-ethyl adjacent to an activating group) is 1. The van der Waals surface area contributed by atoms with Gasteiger partial charge in [-0.25, -0.2) is 9.50 Å². The van der Waals surface area contributed by atoms with Crippen LogP contribution in [0.3, 0.4) is 0 Å². The van der Waals surface area contributed by atoms with E-state index < -0.39 is 0 Å². The number of nitrogen functional groups attached to an aromatic ring is 1. The van der Waals surface area contributed by atoms with Crippen LogP contribution in [-0.4, -0.2) is 38.6 Å². The van der Waals surface area contributed by atoms with Gasteiger partial charge in [0.2, 0.25) is 0 Å². The first-order valence-corrected chi connectivity index (χ1v) is 7.09. The molecule has 0 radical (unpaired) electrons. The molecule has 0 bridgehead atoms. The Labute approximate surface area is 113 Å². The van der Waals surface area contributed by atoms with Crippen molar-refractivity contribution in [3.63, 3.8) is 0 Å². The van der Waals surface area contributed by atoms with Crippen molar-refractivity contribution in [3.05, 3.63) is 24.2 Å². The molecule has 2 aromatic rings. The summed E-state index contributed by atoms with van der Waals surface area (Å²) in [6, 6.07) is 0.631. The van der Waals surface area contributed by atoms with E-state index in [1.54, 1.807) is 10.7 Å². The topological polar surface area (TPSA) is 59.5 Å². The molecule has 3 rings (SSSR count). The Morgan fingerprint density at radius 3 is 3.11 bits per heavy atom. The summed E-state index contributed by atoms with van der Waals surface area (Å²) in [4.78, 5) is 6.99. The number of rotatable bonds is 3. The van der Waals surface area contributed by atoms with Crippen LogP contribution in [0.15, 0.2) is 18.6 Å². The van der Waals surface area contributed by atoms with Crippen LogP contribution in [0.4, 0.5) is 5.69 Å². The molecule has 102 valence electrons. The Hall–Kier alpha value is -1.62. The Morgan fingerprint density at radius 2 is 2.26 bits per heavy atom. The zero-order valence-corrected chi connectivity index (χ0v) is 11.4. The predicted molar refractivity (Wildman–Crippen MR) is 76.0 cm³/mol. The lowest BCUT2D eigenvalue weighted by Gasteiger charge is -2.34. The lowest BCUT2D eigenvalue weighted by molar-refractivity contribution is 0.155. The highest BCUT2D eigenvalue weighted by molar-refractivity contribution is 5.49. The molecular weight excluding hydrogens is 238 g/mol. The van der Waals surface area contributed by atoms with Crippen molar-refractivity contribution in [2.75, 3.05) is 18.8 Å². The molecular formula is C14H21N5. The largest absolute Gasteiger partial charge is 0.396 e. The van der Waals surface area contributed by atoms with Gasteiger partial charge in [-0.05, 0) is 32.4 Å². The third-order valence-corrected chi connectivity index (χ3v) is 4.06. The molecule has 3 heterocycles. The number of nitrogens with zero attached hydrogens (tertiary/aromatic N) is 4. The fourth-order valence-electron chi connectivity index (χ4n) is 3.04. The second-order valence-electron chi connectivity index (χ2n) is 5.31. The van der Waals surface area contributed by atoms with E-state index >= 15 is 0 Å². The van der Waals surface area contributed by atoms with Gasteiger partial charge < -0.3 is 10.6 Å². The molecule has 5 nitrogen and oxygen atoms in total. The smallest absolute Gasteiger partial charge is 0.158 e. The molecule has 0 aliphatic carbocycles. The molecule has 0 amide bonds. The summed E-state index contributed by atoms with van der Waals surface area (Å²) in [5.74, 6) is 0. The maximum absolute atomic E-state index is 5.73. The van der Waals surface area contributed by atoms with Crippen molar-refractivity contribution in [1.29, 1.82) is 0 Å². The Kier molecular flexibility index (Phi) is 3.38. The third kappa shape index (κ3) is 2.42. The molecule has 1 aliphatic heterocycles.